The minimum absolute atomic E-state index is 0.210. The van der Waals surface area contributed by atoms with Gasteiger partial charge >= 0.3 is 0 Å². The van der Waals surface area contributed by atoms with Crippen molar-refractivity contribution < 1.29 is 20.1 Å². The Kier molecular flexibility index (Phi) is 3.63. The standard InChI is InChI=1S/C12H17NO4/c1-17-8-4-2-3-7(5-8)10-12(16)11(15)9(6-14)13-10/h2-5,9-16H,6H2,1H3/t9-,10-,11-,12-/m1/s1. The highest BCUT2D eigenvalue weighted by molar-refractivity contribution is 5.32. The molecule has 0 aliphatic carbocycles. The van der Waals surface area contributed by atoms with Crippen LogP contribution in [0.4, 0.5) is 0 Å². The number of ether oxygens (including phenoxy) is 1. The van der Waals surface area contributed by atoms with Gasteiger partial charge < -0.3 is 25.4 Å². The summed E-state index contributed by atoms with van der Waals surface area (Å²) in [7, 11) is 1.57. The van der Waals surface area contributed by atoms with E-state index in [4.69, 9.17) is 9.84 Å². The Morgan fingerprint density at radius 2 is 2.06 bits per heavy atom. The van der Waals surface area contributed by atoms with E-state index < -0.39 is 24.3 Å². The summed E-state index contributed by atoms with van der Waals surface area (Å²) in [6, 6.07) is 6.38. The molecule has 2 rings (SSSR count). The molecule has 17 heavy (non-hydrogen) atoms. The Balaban J connectivity index is 2.22. The zero-order valence-corrected chi connectivity index (χ0v) is 9.58. The lowest BCUT2D eigenvalue weighted by Gasteiger charge is -2.16. The van der Waals surface area contributed by atoms with Crippen LogP contribution in [-0.4, -0.2) is 47.3 Å². The number of aliphatic hydroxyl groups is 3. The molecule has 0 amide bonds. The summed E-state index contributed by atoms with van der Waals surface area (Å²) in [6.45, 7) is -0.210. The first kappa shape index (κ1) is 12.3. The van der Waals surface area contributed by atoms with Gasteiger partial charge in [0.15, 0.2) is 0 Å². The molecule has 0 saturated carbocycles. The highest BCUT2D eigenvalue weighted by atomic mass is 16.5. The van der Waals surface area contributed by atoms with Crippen LogP contribution in [0.25, 0.3) is 0 Å². The number of hydrogen-bond acceptors (Lipinski definition) is 5. The molecular weight excluding hydrogens is 222 g/mol. The number of rotatable bonds is 3. The van der Waals surface area contributed by atoms with E-state index in [1.54, 1.807) is 13.2 Å². The van der Waals surface area contributed by atoms with E-state index in [0.717, 1.165) is 5.56 Å². The Bertz CT molecular complexity index is 385. The first-order chi connectivity index (χ1) is 8.17. The molecule has 1 aromatic rings. The molecule has 0 bridgehead atoms. The van der Waals surface area contributed by atoms with E-state index in [1.807, 2.05) is 18.2 Å². The third-order valence-corrected chi connectivity index (χ3v) is 3.15. The van der Waals surface area contributed by atoms with Crippen molar-refractivity contribution in [3.8, 4) is 5.75 Å². The first-order valence-electron chi connectivity index (χ1n) is 5.54. The fourth-order valence-corrected chi connectivity index (χ4v) is 2.15. The van der Waals surface area contributed by atoms with E-state index in [0.29, 0.717) is 5.75 Å². The normalized spacial score (nSPS) is 32.7. The lowest BCUT2D eigenvalue weighted by atomic mass is 10.0. The molecular formula is C12H17NO4. The number of nitrogens with one attached hydrogen (secondary N) is 1. The monoisotopic (exact) mass is 239 g/mol. The highest BCUT2D eigenvalue weighted by Crippen LogP contribution is 2.29. The lowest BCUT2D eigenvalue weighted by molar-refractivity contribution is 0.0194. The van der Waals surface area contributed by atoms with Gasteiger partial charge in [-0.25, -0.2) is 0 Å². The molecule has 0 unspecified atom stereocenters. The highest BCUT2D eigenvalue weighted by Gasteiger charge is 2.41. The van der Waals surface area contributed by atoms with E-state index in [2.05, 4.69) is 5.32 Å². The average Bonchev–Trinajstić information content (AvgIpc) is 2.66. The third-order valence-electron chi connectivity index (χ3n) is 3.15. The van der Waals surface area contributed by atoms with Gasteiger partial charge in [0.25, 0.3) is 0 Å². The predicted octanol–water partition coefficient (Wildman–Crippen LogP) is -0.578. The first-order valence-corrected chi connectivity index (χ1v) is 5.54. The summed E-state index contributed by atoms with van der Waals surface area (Å²) in [4.78, 5) is 0. The number of hydrogen-bond donors (Lipinski definition) is 4. The second kappa shape index (κ2) is 5.01. The van der Waals surface area contributed by atoms with E-state index in [1.165, 1.54) is 0 Å². The van der Waals surface area contributed by atoms with Crippen LogP contribution in [0.15, 0.2) is 24.3 Å². The smallest absolute Gasteiger partial charge is 0.119 e. The van der Waals surface area contributed by atoms with Crippen LogP contribution in [0.2, 0.25) is 0 Å². The lowest BCUT2D eigenvalue weighted by Crippen LogP contribution is -2.35. The summed E-state index contributed by atoms with van der Waals surface area (Å²) in [5, 5.41) is 31.7. The Hall–Kier alpha value is -1.14. The molecule has 0 aromatic heterocycles. The maximum atomic E-state index is 9.91. The summed E-state index contributed by atoms with van der Waals surface area (Å²) < 4.78 is 5.11. The van der Waals surface area contributed by atoms with Crippen LogP contribution in [0, 0.1) is 0 Å². The van der Waals surface area contributed by atoms with Crippen molar-refractivity contribution in [1.29, 1.82) is 0 Å². The van der Waals surface area contributed by atoms with Crippen molar-refractivity contribution >= 4 is 0 Å². The van der Waals surface area contributed by atoms with Gasteiger partial charge in [-0.3, -0.25) is 0 Å². The van der Waals surface area contributed by atoms with Crippen molar-refractivity contribution in [3.05, 3.63) is 29.8 Å². The van der Waals surface area contributed by atoms with Crippen molar-refractivity contribution in [3.63, 3.8) is 0 Å². The largest absolute Gasteiger partial charge is 0.497 e. The SMILES string of the molecule is COc1cccc([C@H]2N[C@H](CO)[C@@H](O)[C@@H]2O)c1. The van der Waals surface area contributed by atoms with Gasteiger partial charge in [0.05, 0.1) is 31.9 Å². The maximum absolute atomic E-state index is 9.91. The van der Waals surface area contributed by atoms with Gasteiger partial charge in [0.1, 0.15) is 11.9 Å². The van der Waals surface area contributed by atoms with E-state index >= 15 is 0 Å². The molecule has 1 saturated heterocycles. The predicted molar refractivity (Wildman–Crippen MR) is 61.8 cm³/mol. The maximum Gasteiger partial charge on any atom is 0.119 e. The van der Waals surface area contributed by atoms with Crippen molar-refractivity contribution in [2.24, 2.45) is 0 Å². The molecule has 5 heteroatoms. The number of methoxy groups -OCH3 is 1. The average molecular weight is 239 g/mol. The second-order valence-corrected chi connectivity index (χ2v) is 4.19. The number of benzene rings is 1. The van der Waals surface area contributed by atoms with Crippen LogP contribution in [0.5, 0.6) is 5.75 Å². The molecule has 1 fully saturated rings. The van der Waals surface area contributed by atoms with Gasteiger partial charge in [-0.15, -0.1) is 0 Å². The minimum atomic E-state index is -0.962. The van der Waals surface area contributed by atoms with Crippen LogP contribution >= 0.6 is 0 Å². The van der Waals surface area contributed by atoms with Gasteiger partial charge in [-0.1, -0.05) is 12.1 Å². The Labute approximate surface area is 99.7 Å². The topological polar surface area (TPSA) is 82.0 Å². The third kappa shape index (κ3) is 2.28. The van der Waals surface area contributed by atoms with Crippen LogP contribution in [0.1, 0.15) is 11.6 Å². The van der Waals surface area contributed by atoms with E-state index in [-0.39, 0.29) is 6.61 Å². The van der Waals surface area contributed by atoms with Crippen LogP contribution < -0.4 is 10.1 Å². The summed E-state index contributed by atoms with van der Waals surface area (Å²) in [6.07, 6.45) is -1.89. The summed E-state index contributed by atoms with van der Waals surface area (Å²) >= 11 is 0. The molecule has 0 spiro atoms. The molecule has 94 valence electrons. The quantitative estimate of drug-likeness (QED) is 0.567. The molecule has 1 aromatic carbocycles. The summed E-state index contributed by atoms with van der Waals surface area (Å²) in [5.74, 6) is 0.693. The fourth-order valence-electron chi connectivity index (χ4n) is 2.15. The van der Waals surface area contributed by atoms with E-state index in [9.17, 15) is 10.2 Å². The minimum Gasteiger partial charge on any atom is -0.497 e. The molecule has 1 heterocycles. The van der Waals surface area contributed by atoms with Crippen molar-refractivity contribution in [2.45, 2.75) is 24.3 Å². The van der Waals surface area contributed by atoms with Crippen LogP contribution in [-0.2, 0) is 0 Å². The Morgan fingerprint density at radius 1 is 1.29 bits per heavy atom. The molecule has 1 aliphatic rings. The summed E-state index contributed by atoms with van der Waals surface area (Å²) in [5.41, 5.74) is 0.826. The fraction of sp³-hybridized carbons (Fsp3) is 0.500. The zero-order chi connectivity index (χ0) is 12.4. The van der Waals surface area contributed by atoms with Crippen molar-refractivity contribution in [2.75, 3.05) is 13.7 Å². The van der Waals surface area contributed by atoms with Gasteiger partial charge in [0, 0.05) is 0 Å². The molecule has 4 atom stereocenters. The van der Waals surface area contributed by atoms with Gasteiger partial charge in [-0.05, 0) is 17.7 Å². The van der Waals surface area contributed by atoms with Gasteiger partial charge in [0.2, 0.25) is 0 Å². The van der Waals surface area contributed by atoms with Crippen molar-refractivity contribution in [1.82, 2.24) is 5.32 Å². The Morgan fingerprint density at radius 3 is 2.65 bits per heavy atom. The molecule has 1 aliphatic heterocycles. The molecule has 4 N–H and O–H groups in total. The van der Waals surface area contributed by atoms with Crippen LogP contribution in [0.3, 0.4) is 0 Å². The number of aliphatic hydroxyl groups excluding tert-OH is 3. The molecule has 0 radical (unpaired) electrons. The van der Waals surface area contributed by atoms with Gasteiger partial charge in [-0.2, -0.15) is 0 Å². The zero-order valence-electron chi connectivity index (χ0n) is 9.58. The molecule has 5 nitrogen and oxygen atoms in total. The second-order valence-electron chi connectivity index (χ2n) is 4.19.